The molecular weight excluding hydrogens is 424 g/mol. The molecule has 0 saturated carbocycles. The standard InChI is InChI=1S/C25H34N2O6/c1-25(2,15-31-5)23-11-16-10-22(33-9-7-8-26(3)4)21(32-6)12-17(16)19-13-20(28)18(24(29)30)14-27(19)23/h10,12-14,23H,7-9,11,15H2,1-6H3,(H,29,30). The molecule has 1 aromatic carbocycles. The molecule has 1 aliphatic heterocycles. The molecule has 8 heteroatoms. The van der Waals surface area contributed by atoms with E-state index in [0.29, 0.717) is 36.8 Å². The molecule has 0 bridgehead atoms. The van der Waals surface area contributed by atoms with Gasteiger partial charge < -0.3 is 28.8 Å². The minimum atomic E-state index is -1.23. The predicted octanol–water partition coefficient (Wildman–Crippen LogP) is 3.32. The summed E-state index contributed by atoms with van der Waals surface area (Å²) in [5.74, 6) is 0.00854. The second kappa shape index (κ2) is 9.97. The molecule has 2 heterocycles. The van der Waals surface area contributed by atoms with E-state index in [-0.39, 0.29) is 17.0 Å². The molecule has 1 atom stereocenters. The van der Waals surface area contributed by atoms with Gasteiger partial charge >= 0.3 is 5.97 Å². The van der Waals surface area contributed by atoms with Crippen molar-refractivity contribution in [3.8, 4) is 22.8 Å². The average Bonchev–Trinajstić information content (AvgIpc) is 2.74. The van der Waals surface area contributed by atoms with Gasteiger partial charge in [0, 0.05) is 42.9 Å². The van der Waals surface area contributed by atoms with E-state index < -0.39 is 11.4 Å². The maximum Gasteiger partial charge on any atom is 0.341 e. The van der Waals surface area contributed by atoms with Crippen LogP contribution in [0.5, 0.6) is 11.5 Å². The smallest absolute Gasteiger partial charge is 0.341 e. The fourth-order valence-electron chi connectivity index (χ4n) is 4.46. The van der Waals surface area contributed by atoms with E-state index in [1.165, 1.54) is 12.3 Å². The normalized spacial score (nSPS) is 15.2. The van der Waals surface area contributed by atoms with Crippen molar-refractivity contribution in [2.45, 2.75) is 32.7 Å². The van der Waals surface area contributed by atoms with E-state index in [2.05, 4.69) is 18.7 Å². The number of carboxylic acids is 1. The Morgan fingerprint density at radius 3 is 2.55 bits per heavy atom. The van der Waals surface area contributed by atoms with E-state index in [9.17, 15) is 14.7 Å². The Morgan fingerprint density at radius 2 is 1.94 bits per heavy atom. The quantitative estimate of drug-likeness (QED) is 0.546. The Bertz CT molecular complexity index is 1070. The number of fused-ring (bicyclic) bond motifs is 3. The predicted molar refractivity (Wildman–Crippen MR) is 127 cm³/mol. The summed E-state index contributed by atoms with van der Waals surface area (Å²) in [5.41, 5.74) is 1.44. The number of methoxy groups -OCH3 is 2. The Hall–Kier alpha value is -2.84. The van der Waals surface area contributed by atoms with Crippen molar-refractivity contribution in [3.05, 3.63) is 45.7 Å². The number of nitrogens with zero attached hydrogens (tertiary/aromatic N) is 2. The lowest BCUT2D eigenvalue weighted by Gasteiger charge is -2.40. The second-order valence-corrected chi connectivity index (χ2v) is 9.46. The maximum absolute atomic E-state index is 12.6. The molecule has 0 aliphatic carbocycles. The summed E-state index contributed by atoms with van der Waals surface area (Å²) < 4.78 is 19.0. The van der Waals surface area contributed by atoms with Gasteiger partial charge in [-0.15, -0.1) is 0 Å². The van der Waals surface area contributed by atoms with Gasteiger partial charge in [0.05, 0.1) is 26.0 Å². The van der Waals surface area contributed by atoms with Crippen LogP contribution in [0.2, 0.25) is 0 Å². The van der Waals surface area contributed by atoms with Crippen LogP contribution in [0.15, 0.2) is 29.2 Å². The van der Waals surface area contributed by atoms with Gasteiger partial charge in [0.25, 0.3) is 0 Å². The summed E-state index contributed by atoms with van der Waals surface area (Å²) in [6.45, 7) is 6.12. The summed E-state index contributed by atoms with van der Waals surface area (Å²) in [4.78, 5) is 26.4. The van der Waals surface area contributed by atoms with Gasteiger partial charge in [-0.05, 0) is 44.6 Å². The molecule has 0 spiro atoms. The molecular formula is C25H34N2O6. The van der Waals surface area contributed by atoms with Gasteiger partial charge in [0.15, 0.2) is 16.9 Å². The van der Waals surface area contributed by atoms with Crippen LogP contribution in [0, 0.1) is 5.41 Å². The monoisotopic (exact) mass is 458 g/mol. The van der Waals surface area contributed by atoms with Gasteiger partial charge in [-0.2, -0.15) is 0 Å². The number of carbonyl (C=O) groups is 1. The van der Waals surface area contributed by atoms with E-state index >= 15 is 0 Å². The van der Waals surface area contributed by atoms with Crippen molar-refractivity contribution in [1.82, 2.24) is 9.47 Å². The third-order valence-corrected chi connectivity index (χ3v) is 6.15. The van der Waals surface area contributed by atoms with Crippen LogP contribution < -0.4 is 14.9 Å². The molecule has 0 saturated heterocycles. The van der Waals surface area contributed by atoms with Crippen molar-refractivity contribution in [2.75, 3.05) is 48.1 Å². The number of hydrogen-bond donors (Lipinski definition) is 1. The van der Waals surface area contributed by atoms with Crippen LogP contribution in [0.1, 0.15) is 42.2 Å². The molecule has 1 aliphatic rings. The number of hydrogen-bond acceptors (Lipinski definition) is 6. The first kappa shape index (κ1) is 24.8. The highest BCUT2D eigenvalue weighted by Gasteiger charge is 2.37. The van der Waals surface area contributed by atoms with Gasteiger partial charge in [0.1, 0.15) is 5.56 Å². The van der Waals surface area contributed by atoms with Crippen molar-refractivity contribution in [3.63, 3.8) is 0 Å². The van der Waals surface area contributed by atoms with E-state index in [0.717, 1.165) is 24.1 Å². The number of carboxylic acid groups (broad SMARTS) is 1. The van der Waals surface area contributed by atoms with E-state index in [1.54, 1.807) is 14.2 Å². The SMILES string of the molecule is COCC(C)(C)C1Cc2cc(OCCCN(C)C)c(OC)cc2-c2cc(=O)c(C(=O)O)cn21. The fourth-order valence-corrected chi connectivity index (χ4v) is 4.46. The molecule has 1 aromatic heterocycles. The zero-order chi connectivity index (χ0) is 24.3. The van der Waals surface area contributed by atoms with Crippen LogP contribution in [-0.4, -0.2) is 68.6 Å². The number of aromatic carboxylic acids is 1. The molecule has 3 rings (SSSR count). The number of benzene rings is 1. The summed E-state index contributed by atoms with van der Waals surface area (Å²) in [7, 11) is 7.29. The van der Waals surface area contributed by atoms with Crippen LogP contribution in [-0.2, 0) is 11.2 Å². The molecule has 1 N–H and O–H groups in total. The molecule has 0 amide bonds. The zero-order valence-corrected chi connectivity index (χ0v) is 20.3. The van der Waals surface area contributed by atoms with Gasteiger partial charge in [-0.3, -0.25) is 4.79 Å². The topological polar surface area (TPSA) is 90.2 Å². The number of pyridine rings is 1. The Kier molecular flexibility index (Phi) is 7.49. The Labute approximate surface area is 194 Å². The van der Waals surface area contributed by atoms with Crippen LogP contribution in [0.4, 0.5) is 0 Å². The molecule has 0 fully saturated rings. The minimum absolute atomic E-state index is 0.117. The molecule has 33 heavy (non-hydrogen) atoms. The summed E-state index contributed by atoms with van der Waals surface area (Å²) in [6, 6.07) is 5.16. The molecule has 8 nitrogen and oxygen atoms in total. The average molecular weight is 459 g/mol. The van der Waals surface area contributed by atoms with Gasteiger partial charge in [-0.1, -0.05) is 13.8 Å². The lowest BCUT2D eigenvalue weighted by atomic mass is 9.77. The van der Waals surface area contributed by atoms with Gasteiger partial charge in [-0.25, -0.2) is 4.79 Å². The highest BCUT2D eigenvalue weighted by atomic mass is 16.5. The molecule has 2 aromatic rings. The van der Waals surface area contributed by atoms with Crippen molar-refractivity contribution >= 4 is 5.97 Å². The van der Waals surface area contributed by atoms with Crippen molar-refractivity contribution < 1.29 is 24.1 Å². The van der Waals surface area contributed by atoms with Gasteiger partial charge in [0.2, 0.25) is 0 Å². The first-order valence-electron chi connectivity index (χ1n) is 11.1. The lowest BCUT2D eigenvalue weighted by molar-refractivity contribution is 0.0615. The first-order chi connectivity index (χ1) is 15.6. The summed E-state index contributed by atoms with van der Waals surface area (Å²) in [6.07, 6.45) is 2.98. The largest absolute Gasteiger partial charge is 0.493 e. The minimum Gasteiger partial charge on any atom is -0.493 e. The highest BCUT2D eigenvalue weighted by molar-refractivity contribution is 5.88. The lowest BCUT2D eigenvalue weighted by Crippen LogP contribution is -2.37. The fraction of sp³-hybridized carbons (Fsp3) is 0.520. The second-order valence-electron chi connectivity index (χ2n) is 9.46. The third-order valence-electron chi connectivity index (χ3n) is 6.15. The van der Waals surface area contributed by atoms with E-state index in [1.807, 2.05) is 30.8 Å². The third kappa shape index (κ3) is 5.23. The highest BCUT2D eigenvalue weighted by Crippen LogP contribution is 2.46. The Morgan fingerprint density at radius 1 is 1.21 bits per heavy atom. The zero-order valence-electron chi connectivity index (χ0n) is 20.3. The van der Waals surface area contributed by atoms with Crippen LogP contribution in [0.3, 0.4) is 0 Å². The maximum atomic E-state index is 12.6. The molecule has 0 radical (unpaired) electrons. The number of ether oxygens (including phenoxy) is 3. The first-order valence-corrected chi connectivity index (χ1v) is 11.1. The van der Waals surface area contributed by atoms with Crippen LogP contribution >= 0.6 is 0 Å². The summed E-state index contributed by atoms with van der Waals surface area (Å²) >= 11 is 0. The summed E-state index contributed by atoms with van der Waals surface area (Å²) in [5, 5.41) is 9.53. The Balaban J connectivity index is 2.11. The molecule has 1 unspecified atom stereocenters. The number of aromatic nitrogens is 1. The molecule has 180 valence electrons. The van der Waals surface area contributed by atoms with Crippen molar-refractivity contribution in [1.29, 1.82) is 0 Å². The van der Waals surface area contributed by atoms with E-state index in [4.69, 9.17) is 14.2 Å². The number of rotatable bonds is 10. The van der Waals surface area contributed by atoms with Crippen LogP contribution in [0.25, 0.3) is 11.3 Å². The van der Waals surface area contributed by atoms with Crippen molar-refractivity contribution in [2.24, 2.45) is 5.41 Å².